The molecule has 0 unspecified atom stereocenters. The Morgan fingerprint density at radius 1 is 1.19 bits per heavy atom. The third-order valence-electron chi connectivity index (χ3n) is 1.30. The van der Waals surface area contributed by atoms with Gasteiger partial charge < -0.3 is 10.5 Å². The average Bonchev–Trinajstić information content (AvgIpc) is 2.15. The highest BCUT2D eigenvalue weighted by Crippen LogP contribution is 2.07. The maximum Gasteiger partial charge on any atom is 0.394 e. The molecular weight excluding hydrogens is 240 g/mol. The zero-order valence-corrected chi connectivity index (χ0v) is 8.68. The van der Waals surface area contributed by atoms with Gasteiger partial charge >= 0.3 is 16.4 Å². The van der Waals surface area contributed by atoms with Crippen molar-refractivity contribution in [3.05, 3.63) is 29.8 Å². The summed E-state index contributed by atoms with van der Waals surface area (Å²) >= 11 is 0. The summed E-state index contributed by atoms with van der Waals surface area (Å²) in [5, 5.41) is 8.50. The number of benzene rings is 1. The van der Waals surface area contributed by atoms with E-state index in [0.29, 0.717) is 5.69 Å². The number of carboxylic acid groups (broad SMARTS) is 1. The number of hydrogen-bond acceptors (Lipinski definition) is 5. The normalized spacial score (nSPS) is 9.94. The molecule has 1 aromatic rings. The molecule has 1 aromatic carbocycles. The molecule has 16 heavy (non-hydrogen) atoms. The first kappa shape index (κ1) is 14.3. The summed E-state index contributed by atoms with van der Waals surface area (Å²) in [7, 11) is -4.67. The molecule has 0 bridgehead atoms. The third kappa shape index (κ3) is 7.70. The maximum atomic E-state index is 10.3. The molecule has 0 heterocycles. The van der Waals surface area contributed by atoms with Crippen molar-refractivity contribution < 1.29 is 27.4 Å². The van der Waals surface area contributed by atoms with Gasteiger partial charge in [0.2, 0.25) is 0 Å². The molecule has 0 amide bonds. The molecule has 0 fully saturated rings. The van der Waals surface area contributed by atoms with Gasteiger partial charge in [-0.25, -0.2) is 4.79 Å². The molecule has 8 nitrogen and oxygen atoms in total. The molecule has 1 rings (SSSR count). The Hall–Kier alpha value is -1.68. The second kappa shape index (κ2) is 6.02. The van der Waals surface area contributed by atoms with Crippen molar-refractivity contribution in [3.63, 3.8) is 0 Å². The Balaban J connectivity index is 0.000000385. The standard InChI is InChI=1S/C7H8N2O2.H2O4S/c8-9-6-3-1-5(2-4-6)7(10)11;1-5(2,3)4/h1-4,9H,8H2,(H,10,11);(H2,1,2,3,4). The van der Waals surface area contributed by atoms with E-state index in [1.807, 2.05) is 0 Å². The van der Waals surface area contributed by atoms with E-state index in [1.54, 1.807) is 12.1 Å². The SMILES string of the molecule is NNc1ccc(C(=O)O)cc1.O=S(=O)(O)O. The molecule has 6 N–H and O–H groups in total. The van der Waals surface area contributed by atoms with Crippen LogP contribution in [0.25, 0.3) is 0 Å². The van der Waals surface area contributed by atoms with Gasteiger partial charge in [-0.1, -0.05) is 0 Å². The Labute approximate surface area is 91.2 Å². The van der Waals surface area contributed by atoms with Gasteiger partial charge in [0.05, 0.1) is 5.56 Å². The number of hydrogen-bond donors (Lipinski definition) is 5. The Morgan fingerprint density at radius 3 is 1.81 bits per heavy atom. The monoisotopic (exact) mass is 250 g/mol. The highest BCUT2D eigenvalue weighted by atomic mass is 32.3. The van der Waals surface area contributed by atoms with Crippen molar-refractivity contribution in [2.24, 2.45) is 5.84 Å². The minimum Gasteiger partial charge on any atom is -0.478 e. The number of nitrogens with one attached hydrogen (secondary N) is 1. The van der Waals surface area contributed by atoms with E-state index in [2.05, 4.69) is 5.43 Å². The molecule has 9 heteroatoms. The minimum atomic E-state index is -4.67. The van der Waals surface area contributed by atoms with Gasteiger partial charge in [0.1, 0.15) is 0 Å². The van der Waals surface area contributed by atoms with Crippen LogP contribution in [0, 0.1) is 0 Å². The predicted octanol–water partition coefficient (Wildman–Crippen LogP) is 0.0176. The van der Waals surface area contributed by atoms with E-state index in [9.17, 15) is 4.79 Å². The number of rotatable bonds is 2. The van der Waals surface area contributed by atoms with E-state index in [0.717, 1.165) is 0 Å². The third-order valence-corrected chi connectivity index (χ3v) is 1.30. The van der Waals surface area contributed by atoms with E-state index >= 15 is 0 Å². The zero-order valence-electron chi connectivity index (χ0n) is 7.86. The minimum absolute atomic E-state index is 0.254. The molecular formula is C7H10N2O6S. The van der Waals surface area contributed by atoms with Crippen molar-refractivity contribution in [2.45, 2.75) is 0 Å². The van der Waals surface area contributed by atoms with Gasteiger partial charge in [-0.15, -0.1) is 0 Å². The van der Waals surface area contributed by atoms with Crippen LogP contribution in [0.3, 0.4) is 0 Å². The largest absolute Gasteiger partial charge is 0.478 e. The van der Waals surface area contributed by atoms with Crippen molar-refractivity contribution in [3.8, 4) is 0 Å². The van der Waals surface area contributed by atoms with Gasteiger partial charge in [0, 0.05) is 5.69 Å². The summed E-state index contributed by atoms with van der Waals surface area (Å²) in [6.45, 7) is 0. The van der Waals surface area contributed by atoms with E-state index in [4.69, 9.17) is 28.5 Å². The van der Waals surface area contributed by atoms with Crippen LogP contribution < -0.4 is 11.3 Å². The van der Waals surface area contributed by atoms with Crippen LogP contribution in [0.15, 0.2) is 24.3 Å². The lowest BCUT2D eigenvalue weighted by atomic mass is 10.2. The summed E-state index contributed by atoms with van der Waals surface area (Å²) in [5.74, 6) is 4.14. The van der Waals surface area contributed by atoms with Crippen LogP contribution in [0.1, 0.15) is 10.4 Å². The van der Waals surface area contributed by atoms with Gasteiger partial charge in [0.15, 0.2) is 0 Å². The first-order valence-corrected chi connectivity index (χ1v) is 5.13. The maximum absolute atomic E-state index is 10.3. The fourth-order valence-electron chi connectivity index (χ4n) is 0.709. The van der Waals surface area contributed by atoms with Crippen LogP contribution in [0.2, 0.25) is 0 Å². The Morgan fingerprint density at radius 2 is 1.56 bits per heavy atom. The summed E-state index contributed by atoms with van der Waals surface area (Å²) in [4.78, 5) is 10.3. The molecule has 0 saturated carbocycles. The second-order valence-corrected chi connectivity index (χ2v) is 3.37. The summed E-state index contributed by atoms with van der Waals surface area (Å²) in [6.07, 6.45) is 0. The number of aromatic carboxylic acids is 1. The number of nitrogen functional groups attached to an aromatic ring is 1. The number of anilines is 1. The van der Waals surface area contributed by atoms with Crippen LogP contribution in [0.4, 0.5) is 5.69 Å². The molecule has 0 saturated heterocycles. The number of hydrazine groups is 1. The lowest BCUT2D eigenvalue weighted by Gasteiger charge is -1.98. The van der Waals surface area contributed by atoms with Crippen LogP contribution >= 0.6 is 0 Å². The lowest BCUT2D eigenvalue weighted by Crippen LogP contribution is -2.06. The Kier molecular flexibility index (Phi) is 5.39. The smallest absolute Gasteiger partial charge is 0.394 e. The fourth-order valence-corrected chi connectivity index (χ4v) is 0.709. The molecule has 0 aliphatic carbocycles. The predicted molar refractivity (Wildman–Crippen MR) is 55.4 cm³/mol. The first-order valence-electron chi connectivity index (χ1n) is 3.74. The number of carboxylic acids is 1. The van der Waals surface area contributed by atoms with Gasteiger partial charge in [-0.3, -0.25) is 14.9 Å². The highest BCUT2D eigenvalue weighted by molar-refractivity contribution is 7.79. The number of nitrogens with two attached hydrogens (primary N) is 1. The molecule has 0 aliphatic heterocycles. The van der Waals surface area contributed by atoms with Crippen molar-refractivity contribution in [2.75, 3.05) is 5.43 Å². The van der Waals surface area contributed by atoms with Crippen molar-refractivity contribution in [1.82, 2.24) is 0 Å². The molecule has 0 spiro atoms. The lowest BCUT2D eigenvalue weighted by molar-refractivity contribution is 0.0697. The fraction of sp³-hybridized carbons (Fsp3) is 0. The number of carbonyl (C=O) groups is 1. The topological polar surface area (TPSA) is 150 Å². The first-order chi connectivity index (χ1) is 7.24. The molecule has 0 radical (unpaired) electrons. The molecule has 90 valence electrons. The van der Waals surface area contributed by atoms with Crippen LogP contribution in [-0.2, 0) is 10.4 Å². The van der Waals surface area contributed by atoms with Crippen molar-refractivity contribution >= 4 is 22.1 Å². The summed E-state index contributed by atoms with van der Waals surface area (Å²) in [5.41, 5.74) is 3.34. The highest BCUT2D eigenvalue weighted by Gasteiger charge is 1.99. The second-order valence-electron chi connectivity index (χ2n) is 2.47. The molecule has 0 aromatic heterocycles. The average molecular weight is 250 g/mol. The van der Waals surface area contributed by atoms with Crippen molar-refractivity contribution in [1.29, 1.82) is 0 Å². The van der Waals surface area contributed by atoms with E-state index < -0.39 is 16.4 Å². The van der Waals surface area contributed by atoms with Gasteiger partial charge in [-0.2, -0.15) is 8.42 Å². The Bertz CT molecular complexity index is 432. The quantitative estimate of drug-likeness (QED) is 0.280. The zero-order chi connectivity index (χ0) is 12.8. The molecule has 0 atom stereocenters. The van der Waals surface area contributed by atoms with Gasteiger partial charge in [0.25, 0.3) is 0 Å². The molecule has 0 aliphatic rings. The van der Waals surface area contributed by atoms with Crippen LogP contribution in [0.5, 0.6) is 0 Å². The summed E-state index contributed by atoms with van der Waals surface area (Å²) < 4.78 is 31.6. The van der Waals surface area contributed by atoms with E-state index in [1.165, 1.54) is 12.1 Å². The van der Waals surface area contributed by atoms with E-state index in [-0.39, 0.29) is 5.56 Å². The van der Waals surface area contributed by atoms with Crippen LogP contribution in [-0.4, -0.2) is 28.6 Å². The van der Waals surface area contributed by atoms with Gasteiger partial charge in [-0.05, 0) is 24.3 Å². The summed E-state index contributed by atoms with van der Waals surface area (Å²) in [6, 6.07) is 6.17.